The molecule has 0 aliphatic carbocycles. The average Bonchev–Trinajstić information content (AvgIpc) is 3.08. The van der Waals surface area contributed by atoms with E-state index in [1.165, 1.54) is 0 Å². The first kappa shape index (κ1) is 16.2. The number of carbonyl (C=O) groups is 1. The predicted molar refractivity (Wildman–Crippen MR) is 108 cm³/mol. The van der Waals surface area contributed by atoms with Crippen molar-refractivity contribution < 1.29 is 9.90 Å². The zero-order valence-corrected chi connectivity index (χ0v) is 14.9. The number of aromatic amines is 1. The van der Waals surface area contributed by atoms with Gasteiger partial charge in [-0.15, -0.1) is 0 Å². The second kappa shape index (κ2) is 6.02. The fourth-order valence-corrected chi connectivity index (χ4v) is 3.49. The van der Waals surface area contributed by atoms with Crippen molar-refractivity contribution in [3.05, 3.63) is 66.2 Å². The van der Waals surface area contributed by atoms with E-state index in [9.17, 15) is 9.90 Å². The van der Waals surface area contributed by atoms with Gasteiger partial charge in [-0.05, 0) is 37.3 Å². The van der Waals surface area contributed by atoms with Crippen LogP contribution in [0.3, 0.4) is 0 Å². The SMILES string of the molecule is Cc1cc(Nc2nc3cc(C(=O)O)ccc3c3c2[nH]c2ccncc23)ccn1. The number of aryl methyl sites for hydroxylation is 1. The number of fused-ring (bicyclic) bond motifs is 5. The molecule has 0 saturated heterocycles. The van der Waals surface area contributed by atoms with Crippen LogP contribution in [0.1, 0.15) is 16.1 Å². The molecule has 0 aliphatic rings. The summed E-state index contributed by atoms with van der Waals surface area (Å²) < 4.78 is 0. The van der Waals surface area contributed by atoms with Gasteiger partial charge < -0.3 is 15.4 Å². The molecule has 0 bridgehead atoms. The first-order valence-electron chi connectivity index (χ1n) is 8.72. The molecule has 0 amide bonds. The molecule has 0 saturated carbocycles. The van der Waals surface area contributed by atoms with Crippen LogP contribution in [-0.4, -0.2) is 31.0 Å². The number of pyridine rings is 3. The smallest absolute Gasteiger partial charge is 0.335 e. The van der Waals surface area contributed by atoms with Crippen molar-refractivity contribution in [2.75, 3.05) is 5.32 Å². The van der Waals surface area contributed by atoms with Crippen molar-refractivity contribution in [1.29, 1.82) is 0 Å². The van der Waals surface area contributed by atoms with Gasteiger partial charge in [0.25, 0.3) is 0 Å². The first-order valence-corrected chi connectivity index (χ1v) is 8.72. The fraction of sp³-hybridized carbons (Fsp3) is 0.0476. The van der Waals surface area contributed by atoms with Gasteiger partial charge >= 0.3 is 5.97 Å². The maximum absolute atomic E-state index is 11.4. The molecule has 1 aromatic carbocycles. The molecule has 0 aliphatic heterocycles. The molecule has 28 heavy (non-hydrogen) atoms. The van der Waals surface area contributed by atoms with Crippen LogP contribution in [0, 0.1) is 6.92 Å². The molecule has 4 heterocycles. The normalized spacial score (nSPS) is 11.3. The van der Waals surface area contributed by atoms with Crippen LogP contribution in [0.25, 0.3) is 32.7 Å². The van der Waals surface area contributed by atoms with Crippen molar-refractivity contribution in [3.63, 3.8) is 0 Å². The molecule has 5 rings (SSSR count). The molecular weight excluding hydrogens is 354 g/mol. The van der Waals surface area contributed by atoms with Crippen molar-refractivity contribution in [1.82, 2.24) is 19.9 Å². The largest absolute Gasteiger partial charge is 0.478 e. The molecule has 0 spiro atoms. The molecule has 0 atom stereocenters. The van der Waals surface area contributed by atoms with Gasteiger partial charge in [0.2, 0.25) is 0 Å². The lowest BCUT2D eigenvalue weighted by Gasteiger charge is -2.10. The zero-order chi connectivity index (χ0) is 19.3. The summed E-state index contributed by atoms with van der Waals surface area (Å²) in [5.74, 6) is -0.365. The van der Waals surface area contributed by atoms with Gasteiger partial charge in [-0.25, -0.2) is 9.78 Å². The molecule has 7 nitrogen and oxygen atoms in total. The highest BCUT2D eigenvalue weighted by atomic mass is 16.4. The number of aromatic carboxylic acids is 1. The summed E-state index contributed by atoms with van der Waals surface area (Å²) in [5, 5.41) is 15.5. The lowest BCUT2D eigenvalue weighted by atomic mass is 10.1. The van der Waals surface area contributed by atoms with Gasteiger partial charge in [0.15, 0.2) is 5.82 Å². The van der Waals surface area contributed by atoms with E-state index in [-0.39, 0.29) is 5.56 Å². The van der Waals surface area contributed by atoms with Crippen LogP contribution in [-0.2, 0) is 0 Å². The summed E-state index contributed by atoms with van der Waals surface area (Å²) in [6, 6.07) is 10.7. The Kier molecular flexibility index (Phi) is 3.48. The highest BCUT2D eigenvalue weighted by Gasteiger charge is 2.16. The number of carboxylic acid groups (broad SMARTS) is 1. The van der Waals surface area contributed by atoms with E-state index in [2.05, 4.69) is 20.3 Å². The standard InChI is InChI=1S/C21H15N5O2/c1-11-8-13(4-7-23-11)24-20-19-18(15-10-22-6-5-16(15)25-19)14-3-2-12(21(27)28)9-17(14)26-20/h2-10,25H,1H3,(H,27,28)(H,23,24,26). The lowest BCUT2D eigenvalue weighted by Crippen LogP contribution is -1.99. The van der Waals surface area contributed by atoms with Crippen LogP contribution >= 0.6 is 0 Å². The third-order valence-electron chi connectivity index (χ3n) is 4.74. The summed E-state index contributed by atoms with van der Waals surface area (Å²) >= 11 is 0. The Labute approximate surface area is 159 Å². The molecule has 3 N–H and O–H groups in total. The topological polar surface area (TPSA) is 104 Å². The van der Waals surface area contributed by atoms with Crippen molar-refractivity contribution in [2.24, 2.45) is 0 Å². The Hall–Kier alpha value is -4.00. The number of nitrogens with one attached hydrogen (secondary N) is 2. The Morgan fingerprint density at radius 3 is 2.82 bits per heavy atom. The highest BCUT2D eigenvalue weighted by Crippen LogP contribution is 2.36. The molecule has 0 radical (unpaired) electrons. The minimum Gasteiger partial charge on any atom is -0.478 e. The van der Waals surface area contributed by atoms with Gasteiger partial charge in [0.05, 0.1) is 16.6 Å². The summed E-state index contributed by atoms with van der Waals surface area (Å²) in [5.41, 5.74) is 4.32. The first-order chi connectivity index (χ1) is 13.6. The van der Waals surface area contributed by atoms with E-state index in [1.807, 2.05) is 25.1 Å². The number of nitrogens with zero attached hydrogens (tertiary/aromatic N) is 3. The number of carboxylic acids is 1. The zero-order valence-electron chi connectivity index (χ0n) is 14.9. The van der Waals surface area contributed by atoms with E-state index >= 15 is 0 Å². The van der Waals surface area contributed by atoms with Gasteiger partial charge in [-0.1, -0.05) is 6.07 Å². The summed E-state index contributed by atoms with van der Waals surface area (Å²) in [6.45, 7) is 1.92. The van der Waals surface area contributed by atoms with Crippen LogP contribution in [0.15, 0.2) is 55.0 Å². The molecule has 5 aromatic rings. The second-order valence-corrected chi connectivity index (χ2v) is 6.60. The highest BCUT2D eigenvalue weighted by molar-refractivity contribution is 6.22. The minimum absolute atomic E-state index is 0.197. The van der Waals surface area contributed by atoms with E-state index in [4.69, 9.17) is 4.98 Å². The Balaban J connectivity index is 1.85. The van der Waals surface area contributed by atoms with Gasteiger partial charge in [-0.2, -0.15) is 0 Å². The monoisotopic (exact) mass is 369 g/mol. The summed E-state index contributed by atoms with van der Waals surface area (Å²) in [6.07, 6.45) is 5.27. The van der Waals surface area contributed by atoms with Crippen molar-refractivity contribution in [3.8, 4) is 0 Å². The summed E-state index contributed by atoms with van der Waals surface area (Å²) in [4.78, 5) is 28.0. The Morgan fingerprint density at radius 1 is 1.11 bits per heavy atom. The minimum atomic E-state index is -0.983. The number of anilines is 2. The van der Waals surface area contributed by atoms with Crippen LogP contribution in [0.2, 0.25) is 0 Å². The average molecular weight is 369 g/mol. The fourth-order valence-electron chi connectivity index (χ4n) is 3.49. The lowest BCUT2D eigenvalue weighted by molar-refractivity contribution is 0.0697. The number of H-pyrrole nitrogens is 1. The maximum Gasteiger partial charge on any atom is 0.335 e. The molecular formula is C21H15N5O2. The Bertz CT molecular complexity index is 1390. The van der Waals surface area contributed by atoms with Crippen molar-refractivity contribution >= 4 is 50.2 Å². The number of benzene rings is 1. The third kappa shape index (κ3) is 2.52. The molecule has 0 fully saturated rings. The van der Waals surface area contributed by atoms with E-state index in [1.54, 1.807) is 36.8 Å². The van der Waals surface area contributed by atoms with Crippen LogP contribution in [0.5, 0.6) is 0 Å². The van der Waals surface area contributed by atoms with Gasteiger partial charge in [0.1, 0.15) is 0 Å². The van der Waals surface area contributed by atoms with Crippen LogP contribution < -0.4 is 5.32 Å². The number of hydrogen-bond donors (Lipinski definition) is 3. The maximum atomic E-state index is 11.4. The summed E-state index contributed by atoms with van der Waals surface area (Å²) in [7, 11) is 0. The van der Waals surface area contributed by atoms with E-state index < -0.39 is 5.97 Å². The second-order valence-electron chi connectivity index (χ2n) is 6.60. The number of hydrogen-bond acceptors (Lipinski definition) is 5. The predicted octanol–water partition coefficient (Wildman–Crippen LogP) is 4.41. The van der Waals surface area contributed by atoms with Gasteiger partial charge in [0, 0.05) is 51.6 Å². The van der Waals surface area contributed by atoms with Crippen LogP contribution in [0.4, 0.5) is 11.5 Å². The quantitative estimate of drug-likeness (QED) is 0.435. The Morgan fingerprint density at radius 2 is 2.00 bits per heavy atom. The number of aromatic nitrogens is 4. The van der Waals surface area contributed by atoms with E-state index in [0.29, 0.717) is 11.3 Å². The van der Waals surface area contributed by atoms with E-state index in [0.717, 1.165) is 38.6 Å². The van der Waals surface area contributed by atoms with Crippen molar-refractivity contribution in [2.45, 2.75) is 6.92 Å². The number of rotatable bonds is 3. The third-order valence-corrected chi connectivity index (χ3v) is 4.74. The molecule has 4 aromatic heterocycles. The van der Waals surface area contributed by atoms with Gasteiger partial charge in [-0.3, -0.25) is 9.97 Å². The molecule has 136 valence electrons. The molecule has 7 heteroatoms. The molecule has 0 unspecified atom stereocenters.